The molecule has 0 radical (unpaired) electrons. The maximum Gasteiger partial charge on any atom is 0.315 e. The van der Waals surface area contributed by atoms with Crippen LogP contribution >= 0.6 is 0 Å². The molecule has 0 spiro atoms. The fourth-order valence-electron chi connectivity index (χ4n) is 3.94. The van der Waals surface area contributed by atoms with Crippen molar-refractivity contribution >= 4 is 17.6 Å². The molecule has 1 aromatic rings. The van der Waals surface area contributed by atoms with E-state index in [1.807, 2.05) is 0 Å². The molecule has 146 valence electrons. The number of hydrazone groups is 1. The summed E-state index contributed by atoms with van der Waals surface area (Å²) in [6.45, 7) is 3.78. The first kappa shape index (κ1) is 19.3. The number of rotatable bonds is 6. The van der Waals surface area contributed by atoms with Gasteiger partial charge in [-0.3, -0.25) is 9.59 Å². The van der Waals surface area contributed by atoms with E-state index < -0.39 is 29.5 Å². The smallest absolute Gasteiger partial charge is 0.315 e. The summed E-state index contributed by atoms with van der Waals surface area (Å²) >= 11 is 0. The molecule has 1 aromatic carbocycles. The number of methoxy groups -OCH3 is 1. The molecule has 0 aromatic heterocycles. The van der Waals surface area contributed by atoms with Crippen molar-refractivity contribution in [1.82, 2.24) is 5.43 Å². The minimum absolute atomic E-state index is 0.0413. The average Bonchev–Trinajstić information content (AvgIpc) is 3.00. The van der Waals surface area contributed by atoms with Crippen LogP contribution in [0.5, 0.6) is 5.75 Å². The topological polar surface area (TPSA) is 106 Å². The van der Waals surface area contributed by atoms with Crippen LogP contribution in [0.15, 0.2) is 29.4 Å². The molecular weight excluding hydrogens is 352 g/mol. The largest absolute Gasteiger partial charge is 0.497 e. The molecule has 27 heavy (non-hydrogen) atoms. The first-order valence-electron chi connectivity index (χ1n) is 8.98. The Morgan fingerprint density at radius 2 is 2.00 bits per heavy atom. The monoisotopic (exact) mass is 376 g/mol. The van der Waals surface area contributed by atoms with Gasteiger partial charge in [-0.25, -0.2) is 5.43 Å². The lowest BCUT2D eigenvalue weighted by molar-refractivity contribution is -0.244. The summed E-state index contributed by atoms with van der Waals surface area (Å²) in [6.07, 6.45) is -0.0413. The Bertz CT molecular complexity index is 747. The van der Waals surface area contributed by atoms with E-state index in [1.165, 1.54) is 0 Å². The van der Waals surface area contributed by atoms with Gasteiger partial charge in [-0.15, -0.1) is 0 Å². The van der Waals surface area contributed by atoms with Crippen molar-refractivity contribution in [2.45, 2.75) is 32.0 Å². The lowest BCUT2D eigenvalue weighted by Gasteiger charge is -2.44. The molecule has 1 fully saturated rings. The van der Waals surface area contributed by atoms with Crippen molar-refractivity contribution in [2.75, 3.05) is 20.3 Å². The highest BCUT2D eigenvalue weighted by Gasteiger charge is 2.59. The summed E-state index contributed by atoms with van der Waals surface area (Å²) in [5.41, 5.74) is 3.63. The number of nitrogens with one attached hydrogen (secondary N) is 1. The summed E-state index contributed by atoms with van der Waals surface area (Å²) < 4.78 is 16.0. The van der Waals surface area contributed by atoms with Crippen molar-refractivity contribution in [3.8, 4) is 5.75 Å². The minimum atomic E-state index is -1.81. The number of aliphatic hydroxyl groups is 1. The highest BCUT2D eigenvalue weighted by molar-refractivity contribution is 6.10. The molecule has 0 saturated heterocycles. The second-order valence-corrected chi connectivity index (χ2v) is 6.54. The van der Waals surface area contributed by atoms with Gasteiger partial charge in [-0.2, -0.15) is 5.10 Å². The zero-order chi connectivity index (χ0) is 19.6. The summed E-state index contributed by atoms with van der Waals surface area (Å²) in [7, 11) is 1.56. The molecule has 1 aliphatic carbocycles. The van der Waals surface area contributed by atoms with E-state index >= 15 is 0 Å². The van der Waals surface area contributed by atoms with Crippen molar-refractivity contribution < 1.29 is 28.9 Å². The number of esters is 1. The van der Waals surface area contributed by atoms with Crippen LogP contribution in [0.1, 0.15) is 31.7 Å². The van der Waals surface area contributed by atoms with Gasteiger partial charge in [0.1, 0.15) is 11.7 Å². The van der Waals surface area contributed by atoms with Crippen LogP contribution in [0.2, 0.25) is 0 Å². The number of benzene rings is 1. The summed E-state index contributed by atoms with van der Waals surface area (Å²) in [5.74, 6) is -4.50. The third kappa shape index (κ3) is 3.42. The molecule has 3 rings (SSSR count). The Hall–Kier alpha value is -2.45. The van der Waals surface area contributed by atoms with Crippen LogP contribution in [-0.2, 0) is 19.1 Å². The normalized spacial score (nSPS) is 29.6. The van der Waals surface area contributed by atoms with Crippen molar-refractivity contribution in [3.05, 3.63) is 29.8 Å². The van der Waals surface area contributed by atoms with Gasteiger partial charge in [0.15, 0.2) is 5.79 Å². The summed E-state index contributed by atoms with van der Waals surface area (Å²) in [5, 5.41) is 15.3. The van der Waals surface area contributed by atoms with E-state index in [0.717, 1.165) is 0 Å². The summed E-state index contributed by atoms with van der Waals surface area (Å²) in [6, 6.07) is 7.04. The predicted molar refractivity (Wildman–Crippen MR) is 96.1 cm³/mol. The van der Waals surface area contributed by atoms with Gasteiger partial charge >= 0.3 is 5.97 Å². The zero-order valence-corrected chi connectivity index (χ0v) is 15.6. The van der Waals surface area contributed by atoms with Gasteiger partial charge < -0.3 is 19.3 Å². The molecule has 8 heteroatoms. The Kier molecular flexibility index (Phi) is 5.48. The third-order valence-electron chi connectivity index (χ3n) is 5.03. The van der Waals surface area contributed by atoms with Gasteiger partial charge in [-0.1, -0.05) is 12.1 Å². The molecule has 1 saturated carbocycles. The number of amides is 1. The quantitative estimate of drug-likeness (QED) is 0.571. The van der Waals surface area contributed by atoms with Crippen LogP contribution in [0, 0.1) is 11.8 Å². The van der Waals surface area contributed by atoms with Crippen LogP contribution < -0.4 is 10.2 Å². The second kappa shape index (κ2) is 7.66. The molecule has 0 bridgehead atoms. The predicted octanol–water partition coefficient (Wildman–Crippen LogP) is 1.19. The van der Waals surface area contributed by atoms with Crippen molar-refractivity contribution in [3.63, 3.8) is 0 Å². The number of hydrogen-bond acceptors (Lipinski definition) is 7. The second-order valence-electron chi connectivity index (χ2n) is 6.54. The van der Waals surface area contributed by atoms with Crippen LogP contribution in [-0.4, -0.2) is 48.8 Å². The molecule has 1 amide bonds. The van der Waals surface area contributed by atoms with Crippen LogP contribution in [0.3, 0.4) is 0 Å². The van der Waals surface area contributed by atoms with Gasteiger partial charge in [0, 0.05) is 18.9 Å². The molecule has 1 heterocycles. The van der Waals surface area contributed by atoms with Crippen molar-refractivity contribution in [1.29, 1.82) is 0 Å². The Morgan fingerprint density at radius 1 is 1.30 bits per heavy atom. The number of ether oxygens (including phenoxy) is 3. The minimum Gasteiger partial charge on any atom is -0.497 e. The number of carbonyl (C=O) groups excluding carboxylic acids is 2. The van der Waals surface area contributed by atoms with E-state index in [4.69, 9.17) is 14.2 Å². The average molecular weight is 376 g/mol. The first-order valence-corrected chi connectivity index (χ1v) is 8.98. The van der Waals surface area contributed by atoms with Gasteiger partial charge in [0.05, 0.1) is 25.3 Å². The van der Waals surface area contributed by atoms with E-state index in [1.54, 1.807) is 45.2 Å². The number of carbonyl (C=O) groups is 2. The van der Waals surface area contributed by atoms with E-state index in [2.05, 4.69) is 10.5 Å². The highest BCUT2D eigenvalue weighted by atomic mass is 16.6. The Balaban J connectivity index is 2.12. The maximum atomic E-state index is 12.8. The molecule has 4 unspecified atom stereocenters. The summed E-state index contributed by atoms with van der Waals surface area (Å²) in [4.78, 5) is 25.3. The molecule has 1 aliphatic heterocycles. The lowest BCUT2D eigenvalue weighted by atomic mass is 9.65. The van der Waals surface area contributed by atoms with Gasteiger partial charge in [-0.05, 0) is 31.5 Å². The molecule has 2 aliphatic rings. The molecule has 8 nitrogen and oxygen atoms in total. The Morgan fingerprint density at radius 3 is 2.59 bits per heavy atom. The Labute approximate surface area is 157 Å². The number of hydrogen-bond donors (Lipinski definition) is 2. The first-order chi connectivity index (χ1) is 12.9. The third-order valence-corrected chi connectivity index (χ3v) is 5.03. The zero-order valence-electron chi connectivity index (χ0n) is 15.6. The van der Waals surface area contributed by atoms with Gasteiger partial charge in [0.25, 0.3) is 0 Å². The fourth-order valence-corrected chi connectivity index (χ4v) is 3.94. The van der Waals surface area contributed by atoms with E-state index in [-0.39, 0.29) is 25.5 Å². The molecule has 4 atom stereocenters. The van der Waals surface area contributed by atoms with Crippen molar-refractivity contribution in [2.24, 2.45) is 16.9 Å². The number of fused-ring (bicyclic) bond motifs is 1. The molecular formula is C19H24N2O6. The number of nitrogens with zero attached hydrogens (tertiary/aromatic N) is 1. The standard InChI is InChI=1S/C19H24N2O6/c1-4-26-18(23)16-14(11-6-8-12(25-3)9-7-11)15-13(20-21-17(15)22)10-19(16,24)27-5-2/h6-9,14-16,24H,4-5,10H2,1-3H3,(H,21,22). The fraction of sp³-hybridized carbons (Fsp3) is 0.526. The highest BCUT2D eigenvalue weighted by Crippen LogP contribution is 2.48. The van der Waals surface area contributed by atoms with Crippen LogP contribution in [0.25, 0.3) is 0 Å². The van der Waals surface area contributed by atoms with Crippen LogP contribution in [0.4, 0.5) is 0 Å². The SMILES string of the molecule is CCOC(=O)C1C(c2ccc(OC)cc2)C2C(=O)NN=C2CC1(O)OCC. The maximum absolute atomic E-state index is 12.8. The molecule has 2 N–H and O–H groups in total. The van der Waals surface area contributed by atoms with Gasteiger partial charge in [0.2, 0.25) is 5.91 Å². The van der Waals surface area contributed by atoms with E-state index in [9.17, 15) is 14.7 Å². The van der Waals surface area contributed by atoms with E-state index in [0.29, 0.717) is 17.0 Å². The lowest BCUT2D eigenvalue weighted by Crippen LogP contribution is -2.57.